The second-order valence-electron chi connectivity index (χ2n) is 12.6. The fraction of sp³-hybridized carbons (Fsp3) is 1.00. The Morgan fingerprint density at radius 1 is 0.400 bits per heavy atom. The molecular formula is C33H68O7. The molecule has 0 aliphatic rings. The molecule has 0 spiro atoms. The Bertz CT molecular complexity index is 488. The molecule has 0 aliphatic carbocycles. The number of aliphatic hydroxyl groups excluding tert-OH is 7. The predicted octanol–water partition coefficient (Wildman–Crippen LogP) is 5.78. The first-order chi connectivity index (χ1) is 19.3. The SMILES string of the molecule is CCCCCCCCCCCCCC(O)CCCCCCCCCC(CC(O)CO)(CC(O)CO)CC(O)CO. The Labute approximate surface area is 246 Å². The first-order valence-electron chi connectivity index (χ1n) is 16.9. The maximum Gasteiger partial charge on any atom is 0.0776 e. The van der Waals surface area contributed by atoms with Crippen LogP contribution in [0.1, 0.15) is 161 Å². The van der Waals surface area contributed by atoms with E-state index in [0.717, 1.165) is 64.2 Å². The van der Waals surface area contributed by atoms with Gasteiger partial charge in [-0.3, -0.25) is 0 Å². The Balaban J connectivity index is 3.96. The zero-order chi connectivity index (χ0) is 29.9. The summed E-state index contributed by atoms with van der Waals surface area (Å²) < 4.78 is 0. The molecule has 0 bridgehead atoms. The van der Waals surface area contributed by atoms with E-state index in [0.29, 0.717) is 6.42 Å². The first-order valence-corrected chi connectivity index (χ1v) is 16.9. The summed E-state index contributed by atoms with van der Waals surface area (Å²) in [6, 6.07) is 0. The Kier molecular flexibility index (Phi) is 27.4. The van der Waals surface area contributed by atoms with Crippen LogP contribution in [0.5, 0.6) is 0 Å². The minimum Gasteiger partial charge on any atom is -0.394 e. The van der Waals surface area contributed by atoms with Crippen LogP contribution in [-0.2, 0) is 0 Å². The molecule has 242 valence electrons. The molecule has 0 rings (SSSR count). The molecule has 0 heterocycles. The van der Waals surface area contributed by atoms with Crippen molar-refractivity contribution in [2.45, 2.75) is 185 Å². The summed E-state index contributed by atoms with van der Waals surface area (Å²) >= 11 is 0. The molecule has 0 saturated heterocycles. The lowest BCUT2D eigenvalue weighted by Crippen LogP contribution is -2.37. The van der Waals surface area contributed by atoms with Gasteiger partial charge in [0.2, 0.25) is 0 Å². The number of hydrogen-bond acceptors (Lipinski definition) is 7. The van der Waals surface area contributed by atoms with Crippen LogP contribution >= 0.6 is 0 Å². The zero-order valence-electron chi connectivity index (χ0n) is 26.0. The van der Waals surface area contributed by atoms with Crippen molar-refractivity contribution in [1.29, 1.82) is 0 Å². The van der Waals surface area contributed by atoms with Crippen LogP contribution < -0.4 is 0 Å². The van der Waals surface area contributed by atoms with Crippen molar-refractivity contribution >= 4 is 0 Å². The van der Waals surface area contributed by atoms with Crippen molar-refractivity contribution in [3.63, 3.8) is 0 Å². The number of hydrogen-bond donors (Lipinski definition) is 7. The van der Waals surface area contributed by atoms with Crippen LogP contribution in [0.2, 0.25) is 0 Å². The second kappa shape index (κ2) is 27.5. The Morgan fingerprint density at radius 2 is 0.700 bits per heavy atom. The summed E-state index contributed by atoms with van der Waals surface area (Å²) in [4.78, 5) is 0. The molecular weight excluding hydrogens is 508 g/mol. The van der Waals surface area contributed by atoms with E-state index in [1.54, 1.807) is 0 Å². The van der Waals surface area contributed by atoms with Crippen molar-refractivity contribution in [3.8, 4) is 0 Å². The van der Waals surface area contributed by atoms with E-state index in [2.05, 4.69) is 6.92 Å². The molecule has 4 atom stereocenters. The quantitative estimate of drug-likeness (QED) is 0.0519. The molecule has 0 fully saturated rings. The smallest absolute Gasteiger partial charge is 0.0776 e. The highest BCUT2D eigenvalue weighted by molar-refractivity contribution is 4.87. The van der Waals surface area contributed by atoms with Crippen molar-refractivity contribution in [1.82, 2.24) is 0 Å². The van der Waals surface area contributed by atoms with Crippen LogP contribution in [0.15, 0.2) is 0 Å². The van der Waals surface area contributed by atoms with Gasteiger partial charge < -0.3 is 35.7 Å². The van der Waals surface area contributed by atoms with E-state index in [9.17, 15) is 35.7 Å². The van der Waals surface area contributed by atoms with E-state index in [4.69, 9.17) is 0 Å². The van der Waals surface area contributed by atoms with E-state index >= 15 is 0 Å². The fourth-order valence-corrected chi connectivity index (χ4v) is 6.20. The molecule has 40 heavy (non-hydrogen) atoms. The number of unbranched alkanes of at least 4 members (excludes halogenated alkanes) is 16. The minimum atomic E-state index is -0.970. The summed E-state index contributed by atoms with van der Waals surface area (Å²) in [5.41, 5.74) is -0.656. The van der Waals surface area contributed by atoms with Gasteiger partial charge in [-0.15, -0.1) is 0 Å². The highest BCUT2D eigenvalue weighted by atomic mass is 16.3. The van der Waals surface area contributed by atoms with E-state index < -0.39 is 43.5 Å². The van der Waals surface area contributed by atoms with Gasteiger partial charge in [0.25, 0.3) is 0 Å². The van der Waals surface area contributed by atoms with Gasteiger partial charge in [0.05, 0.1) is 44.2 Å². The molecule has 7 nitrogen and oxygen atoms in total. The molecule has 0 aromatic heterocycles. The third kappa shape index (κ3) is 23.3. The molecule has 0 amide bonds. The molecule has 0 aromatic rings. The van der Waals surface area contributed by atoms with Gasteiger partial charge in [-0.25, -0.2) is 0 Å². The van der Waals surface area contributed by atoms with Gasteiger partial charge in [0.15, 0.2) is 0 Å². The van der Waals surface area contributed by atoms with Crippen LogP contribution in [0.25, 0.3) is 0 Å². The largest absolute Gasteiger partial charge is 0.394 e. The Morgan fingerprint density at radius 3 is 1.02 bits per heavy atom. The maximum absolute atomic E-state index is 10.3. The second-order valence-corrected chi connectivity index (χ2v) is 12.6. The first kappa shape index (κ1) is 39.7. The van der Waals surface area contributed by atoms with Crippen LogP contribution in [-0.4, -0.2) is 80.0 Å². The van der Waals surface area contributed by atoms with E-state index in [1.807, 2.05) is 0 Å². The molecule has 7 N–H and O–H groups in total. The van der Waals surface area contributed by atoms with Gasteiger partial charge >= 0.3 is 0 Å². The van der Waals surface area contributed by atoms with Crippen molar-refractivity contribution in [3.05, 3.63) is 0 Å². The van der Waals surface area contributed by atoms with Crippen molar-refractivity contribution < 1.29 is 35.7 Å². The summed E-state index contributed by atoms with van der Waals surface area (Å²) in [6.45, 7) is 1.05. The highest BCUT2D eigenvalue weighted by Gasteiger charge is 2.36. The van der Waals surface area contributed by atoms with Crippen molar-refractivity contribution in [2.24, 2.45) is 5.41 Å². The number of aliphatic hydroxyl groups is 7. The summed E-state index contributed by atoms with van der Waals surface area (Å²) in [5, 5.41) is 68.6. The lowest BCUT2D eigenvalue weighted by molar-refractivity contribution is -0.0321. The summed E-state index contributed by atoms with van der Waals surface area (Å²) in [5.74, 6) is 0. The van der Waals surface area contributed by atoms with Gasteiger partial charge in [-0.1, -0.05) is 122 Å². The molecule has 7 heteroatoms. The maximum atomic E-state index is 10.3. The number of rotatable bonds is 31. The van der Waals surface area contributed by atoms with E-state index in [-0.39, 0.29) is 25.4 Å². The minimum absolute atomic E-state index is 0.162. The molecule has 0 saturated carbocycles. The van der Waals surface area contributed by atoms with E-state index in [1.165, 1.54) is 64.2 Å². The van der Waals surface area contributed by atoms with Gasteiger partial charge in [0.1, 0.15) is 0 Å². The molecule has 0 aromatic carbocycles. The summed E-state index contributed by atoms with van der Waals surface area (Å²) in [7, 11) is 0. The molecule has 0 radical (unpaired) electrons. The van der Waals surface area contributed by atoms with Crippen LogP contribution in [0.4, 0.5) is 0 Å². The average molecular weight is 577 g/mol. The third-order valence-electron chi connectivity index (χ3n) is 8.52. The molecule has 4 unspecified atom stereocenters. The standard InChI is InChI=1S/C33H68O7/c1-2-3-4-5-6-7-8-9-11-14-17-20-29(37)21-18-15-12-10-13-16-19-22-33(23-30(38)26-34,24-31(39)27-35)25-32(40)28-36/h29-32,34-40H,2-28H2,1H3. The molecule has 0 aliphatic heterocycles. The lowest BCUT2D eigenvalue weighted by Gasteiger charge is -2.38. The predicted molar refractivity (Wildman–Crippen MR) is 164 cm³/mol. The average Bonchev–Trinajstić information content (AvgIpc) is 2.94. The van der Waals surface area contributed by atoms with Crippen molar-refractivity contribution in [2.75, 3.05) is 19.8 Å². The summed E-state index contributed by atoms with van der Waals surface area (Å²) in [6.07, 6.45) is 22.0. The fourth-order valence-electron chi connectivity index (χ4n) is 6.20. The van der Waals surface area contributed by atoms with Crippen LogP contribution in [0.3, 0.4) is 0 Å². The van der Waals surface area contributed by atoms with Gasteiger partial charge in [-0.2, -0.15) is 0 Å². The monoisotopic (exact) mass is 576 g/mol. The van der Waals surface area contributed by atoms with Gasteiger partial charge in [-0.05, 0) is 43.9 Å². The Hall–Kier alpha value is -0.280. The van der Waals surface area contributed by atoms with Crippen LogP contribution in [0, 0.1) is 5.41 Å². The lowest BCUT2D eigenvalue weighted by atomic mass is 9.70. The normalized spacial score (nSPS) is 16.5. The zero-order valence-corrected chi connectivity index (χ0v) is 26.0. The highest BCUT2D eigenvalue weighted by Crippen LogP contribution is 2.40. The van der Waals surface area contributed by atoms with Gasteiger partial charge in [0, 0.05) is 0 Å². The topological polar surface area (TPSA) is 142 Å². The third-order valence-corrected chi connectivity index (χ3v) is 8.52.